The van der Waals surface area contributed by atoms with E-state index >= 15 is 0 Å². The van der Waals surface area contributed by atoms with Crippen LogP contribution in [-0.4, -0.2) is 22.2 Å². The maximum atomic E-state index is 12.7. The summed E-state index contributed by atoms with van der Waals surface area (Å²) < 4.78 is 7.05. The molecule has 3 rings (SSSR count). The third-order valence-electron chi connectivity index (χ3n) is 4.88. The molecular formula is C23H26N2O4. The Morgan fingerprint density at radius 1 is 1.07 bits per heavy atom. The Labute approximate surface area is 169 Å². The van der Waals surface area contributed by atoms with E-state index in [4.69, 9.17) is 4.74 Å². The van der Waals surface area contributed by atoms with Gasteiger partial charge in [0.05, 0.1) is 12.1 Å². The zero-order valence-corrected chi connectivity index (χ0v) is 16.8. The SMILES string of the molecule is CCCCCCOc1ccc(NC(=O)c2c(O)c3ccccc3n(C)c2=O)cc1. The lowest BCUT2D eigenvalue weighted by Gasteiger charge is -2.12. The number of pyridine rings is 1. The number of carbonyl (C=O) groups excluding carboxylic acids is 1. The van der Waals surface area contributed by atoms with Gasteiger partial charge < -0.3 is 19.7 Å². The van der Waals surface area contributed by atoms with Crippen molar-refractivity contribution in [3.05, 3.63) is 64.4 Å². The van der Waals surface area contributed by atoms with E-state index in [0.29, 0.717) is 23.2 Å². The Balaban J connectivity index is 1.73. The van der Waals surface area contributed by atoms with Gasteiger partial charge in [-0.2, -0.15) is 0 Å². The summed E-state index contributed by atoms with van der Waals surface area (Å²) in [4.78, 5) is 25.3. The normalized spacial score (nSPS) is 10.8. The summed E-state index contributed by atoms with van der Waals surface area (Å²) in [6.45, 7) is 2.83. The molecule has 0 aliphatic heterocycles. The van der Waals surface area contributed by atoms with Crippen LogP contribution in [0, 0.1) is 0 Å². The molecule has 3 aromatic rings. The molecule has 0 aliphatic carbocycles. The molecule has 152 valence electrons. The maximum absolute atomic E-state index is 12.7. The number of amides is 1. The molecule has 0 saturated carbocycles. The molecule has 0 bridgehead atoms. The number of nitrogens with zero attached hydrogens (tertiary/aromatic N) is 1. The second-order valence-corrected chi connectivity index (χ2v) is 6.99. The van der Waals surface area contributed by atoms with E-state index in [1.807, 2.05) is 0 Å². The Morgan fingerprint density at radius 2 is 1.79 bits per heavy atom. The number of nitrogens with one attached hydrogen (secondary N) is 1. The molecule has 0 saturated heterocycles. The standard InChI is InChI=1S/C23H26N2O4/c1-3-4-5-8-15-29-17-13-11-16(12-14-17)24-22(27)20-21(26)18-9-6-7-10-19(18)25(2)23(20)28/h6-7,9-14,26H,3-5,8,15H2,1-2H3,(H,24,27). The number of rotatable bonds is 8. The number of hydrogen-bond donors (Lipinski definition) is 2. The van der Waals surface area contributed by atoms with Crippen LogP contribution in [0.4, 0.5) is 5.69 Å². The van der Waals surface area contributed by atoms with Crippen LogP contribution in [-0.2, 0) is 7.05 Å². The fraction of sp³-hybridized carbons (Fsp3) is 0.304. The van der Waals surface area contributed by atoms with Gasteiger partial charge in [0.1, 0.15) is 17.1 Å². The first-order chi connectivity index (χ1) is 14.0. The third kappa shape index (κ3) is 4.59. The smallest absolute Gasteiger partial charge is 0.267 e. The highest BCUT2D eigenvalue weighted by Crippen LogP contribution is 2.26. The number of aromatic nitrogens is 1. The second kappa shape index (κ2) is 9.28. The largest absolute Gasteiger partial charge is 0.506 e. The van der Waals surface area contributed by atoms with Crippen LogP contribution < -0.4 is 15.6 Å². The number of unbranched alkanes of at least 4 members (excludes halogenated alkanes) is 3. The molecule has 0 aliphatic rings. The molecule has 1 heterocycles. The van der Waals surface area contributed by atoms with E-state index in [9.17, 15) is 14.7 Å². The zero-order valence-electron chi connectivity index (χ0n) is 16.8. The summed E-state index contributed by atoms with van der Waals surface area (Å²) in [5.74, 6) is -0.237. The van der Waals surface area contributed by atoms with E-state index in [2.05, 4.69) is 12.2 Å². The Bertz CT molecular complexity index is 1050. The van der Waals surface area contributed by atoms with Crippen LogP contribution in [0.3, 0.4) is 0 Å². The van der Waals surface area contributed by atoms with E-state index in [1.165, 1.54) is 17.4 Å². The first kappa shape index (κ1) is 20.5. The fourth-order valence-corrected chi connectivity index (χ4v) is 3.23. The van der Waals surface area contributed by atoms with Crippen LogP contribution in [0.25, 0.3) is 10.9 Å². The minimum absolute atomic E-state index is 0.276. The number of para-hydroxylation sites is 1. The van der Waals surface area contributed by atoms with Gasteiger partial charge >= 0.3 is 0 Å². The van der Waals surface area contributed by atoms with Gasteiger partial charge in [-0.25, -0.2) is 0 Å². The van der Waals surface area contributed by atoms with E-state index in [1.54, 1.807) is 55.6 Å². The van der Waals surface area contributed by atoms with Crippen molar-refractivity contribution in [2.24, 2.45) is 7.05 Å². The fourth-order valence-electron chi connectivity index (χ4n) is 3.23. The van der Waals surface area contributed by atoms with Gasteiger partial charge in [-0.05, 0) is 42.8 Å². The van der Waals surface area contributed by atoms with Crippen LogP contribution in [0.5, 0.6) is 11.5 Å². The zero-order chi connectivity index (χ0) is 20.8. The highest BCUT2D eigenvalue weighted by Gasteiger charge is 2.21. The number of fused-ring (bicyclic) bond motifs is 1. The molecule has 0 atom stereocenters. The van der Waals surface area contributed by atoms with Crippen LogP contribution in [0.1, 0.15) is 43.0 Å². The summed E-state index contributed by atoms with van der Waals surface area (Å²) in [5.41, 5.74) is 0.253. The topological polar surface area (TPSA) is 80.6 Å². The summed E-state index contributed by atoms with van der Waals surface area (Å²) in [6.07, 6.45) is 4.55. The van der Waals surface area contributed by atoms with Crippen molar-refractivity contribution in [3.63, 3.8) is 0 Å². The number of carbonyl (C=O) groups is 1. The average molecular weight is 394 g/mol. The monoisotopic (exact) mass is 394 g/mol. The van der Waals surface area contributed by atoms with Crippen LogP contribution in [0.2, 0.25) is 0 Å². The minimum Gasteiger partial charge on any atom is -0.506 e. The predicted octanol–water partition coefficient (Wildman–Crippen LogP) is 4.46. The van der Waals surface area contributed by atoms with Crippen molar-refractivity contribution in [1.82, 2.24) is 4.57 Å². The number of anilines is 1. The first-order valence-electron chi connectivity index (χ1n) is 9.87. The molecule has 1 aromatic heterocycles. The van der Waals surface area contributed by atoms with Crippen molar-refractivity contribution in [3.8, 4) is 11.5 Å². The molecule has 2 aromatic carbocycles. The Morgan fingerprint density at radius 3 is 2.52 bits per heavy atom. The lowest BCUT2D eigenvalue weighted by molar-refractivity contribution is 0.102. The van der Waals surface area contributed by atoms with Gasteiger partial charge in [-0.15, -0.1) is 0 Å². The number of aromatic hydroxyl groups is 1. The molecule has 6 heteroatoms. The molecule has 1 amide bonds. The number of aryl methyl sites for hydroxylation is 1. The predicted molar refractivity (Wildman–Crippen MR) is 115 cm³/mol. The first-order valence-corrected chi connectivity index (χ1v) is 9.87. The van der Waals surface area contributed by atoms with Gasteiger partial charge in [-0.1, -0.05) is 38.3 Å². The highest BCUT2D eigenvalue weighted by atomic mass is 16.5. The van der Waals surface area contributed by atoms with Crippen molar-refractivity contribution in [2.45, 2.75) is 32.6 Å². The Hall–Kier alpha value is -3.28. The summed E-state index contributed by atoms with van der Waals surface area (Å²) in [7, 11) is 1.58. The number of ether oxygens (including phenoxy) is 1. The van der Waals surface area contributed by atoms with Gasteiger partial charge in [0.25, 0.3) is 11.5 Å². The van der Waals surface area contributed by atoms with Crippen molar-refractivity contribution in [2.75, 3.05) is 11.9 Å². The third-order valence-corrected chi connectivity index (χ3v) is 4.88. The lowest BCUT2D eigenvalue weighted by atomic mass is 10.1. The molecule has 0 fully saturated rings. The maximum Gasteiger partial charge on any atom is 0.267 e. The summed E-state index contributed by atoms with van der Waals surface area (Å²) >= 11 is 0. The summed E-state index contributed by atoms with van der Waals surface area (Å²) in [5, 5.41) is 13.6. The molecule has 0 spiro atoms. The molecule has 0 unspecified atom stereocenters. The minimum atomic E-state index is -0.651. The highest BCUT2D eigenvalue weighted by molar-refractivity contribution is 6.09. The van der Waals surface area contributed by atoms with Gasteiger partial charge in [0, 0.05) is 18.1 Å². The lowest BCUT2D eigenvalue weighted by Crippen LogP contribution is -2.28. The van der Waals surface area contributed by atoms with E-state index < -0.39 is 11.5 Å². The molecular weight excluding hydrogens is 368 g/mol. The van der Waals surface area contributed by atoms with E-state index in [0.717, 1.165) is 18.6 Å². The summed E-state index contributed by atoms with van der Waals surface area (Å²) in [6, 6.07) is 13.9. The van der Waals surface area contributed by atoms with Crippen LogP contribution in [0.15, 0.2) is 53.3 Å². The number of hydrogen-bond acceptors (Lipinski definition) is 4. The molecule has 0 radical (unpaired) electrons. The quantitative estimate of drug-likeness (QED) is 0.553. The van der Waals surface area contributed by atoms with Crippen molar-refractivity contribution in [1.29, 1.82) is 0 Å². The molecule has 6 nitrogen and oxygen atoms in total. The average Bonchev–Trinajstić information content (AvgIpc) is 2.73. The second-order valence-electron chi connectivity index (χ2n) is 6.99. The van der Waals surface area contributed by atoms with Gasteiger partial charge in [-0.3, -0.25) is 9.59 Å². The van der Waals surface area contributed by atoms with Crippen LogP contribution >= 0.6 is 0 Å². The number of benzene rings is 2. The molecule has 29 heavy (non-hydrogen) atoms. The molecule has 2 N–H and O–H groups in total. The van der Waals surface area contributed by atoms with E-state index in [-0.39, 0.29) is 11.3 Å². The van der Waals surface area contributed by atoms with Gasteiger partial charge in [0.2, 0.25) is 0 Å². The Kier molecular flexibility index (Phi) is 6.54. The van der Waals surface area contributed by atoms with Gasteiger partial charge in [0.15, 0.2) is 0 Å². The van der Waals surface area contributed by atoms with Crippen molar-refractivity contribution >= 4 is 22.5 Å². The van der Waals surface area contributed by atoms with Crippen molar-refractivity contribution < 1.29 is 14.6 Å².